The molecule has 6 aromatic rings. The third-order valence-electron chi connectivity index (χ3n) is 9.52. The van der Waals surface area contributed by atoms with Crippen LogP contribution in [0.25, 0.3) is 34.2 Å². The summed E-state index contributed by atoms with van der Waals surface area (Å²) >= 11 is 0. The molecule has 0 fully saturated rings. The maximum atomic E-state index is 13.2. The first-order chi connectivity index (χ1) is 28.1. The van der Waals surface area contributed by atoms with Crippen molar-refractivity contribution in [2.75, 3.05) is 27.2 Å². The molecule has 13 heteroatoms. The zero-order valence-electron chi connectivity index (χ0n) is 34.2. The maximum absolute atomic E-state index is 13.2. The number of pyridine rings is 6. The Kier molecular flexibility index (Phi) is 17.3. The van der Waals surface area contributed by atoms with Crippen LogP contribution in [0.15, 0.2) is 97.1 Å². The van der Waals surface area contributed by atoms with Crippen LogP contribution in [0.1, 0.15) is 80.6 Å². The van der Waals surface area contributed by atoms with Crippen LogP contribution in [-0.2, 0) is 26.2 Å². The van der Waals surface area contributed by atoms with E-state index in [0.29, 0.717) is 87.5 Å². The molecule has 6 aromatic heterocycles. The van der Waals surface area contributed by atoms with Crippen LogP contribution in [0.2, 0.25) is 0 Å². The molecule has 0 saturated carbocycles. The first-order valence-electron chi connectivity index (χ1n) is 19.7. The Morgan fingerprint density at radius 1 is 0.492 bits per heavy atom. The topological polar surface area (TPSA) is 170 Å². The van der Waals surface area contributed by atoms with E-state index >= 15 is 0 Å². The molecule has 7 heterocycles. The van der Waals surface area contributed by atoms with E-state index in [1.807, 2.05) is 113 Å². The standard InChI is InChI=1S/C34H40N8O2.C12H12N2.Eu/c1-41-19-25-7-3-9-29(37-25)30-10-4-8-26(38-30)20-42(2)22-28-16-24(34(44)12-6-14-36)18-32(40-28)31-17-23(15-27(21-41)39-31)33(43)11-5-13-35;1-9-5-3-7-11(13-9)12-8-4-6-10(2)14-12;/h3-4,7-10,15-18H,5-6,11-14,19-22,35-36H2,1-2H3;3-8H,1-2H3;/q;;+3. The quantitative estimate of drug-likeness (QED) is 0.146. The van der Waals surface area contributed by atoms with Gasteiger partial charge in [0, 0.05) is 61.5 Å². The van der Waals surface area contributed by atoms with Gasteiger partial charge < -0.3 is 11.5 Å². The van der Waals surface area contributed by atoms with Crippen LogP contribution >= 0.6 is 0 Å². The first-order valence-corrected chi connectivity index (χ1v) is 19.7. The summed E-state index contributed by atoms with van der Waals surface area (Å²) in [4.78, 5) is 59.2. The van der Waals surface area contributed by atoms with Crippen molar-refractivity contribution in [3.63, 3.8) is 0 Å². The fourth-order valence-corrected chi connectivity index (χ4v) is 6.75. The molecule has 0 spiro atoms. The fraction of sp³-hybridized carbons (Fsp3) is 0.304. The van der Waals surface area contributed by atoms with Gasteiger partial charge in [0.2, 0.25) is 0 Å². The van der Waals surface area contributed by atoms with E-state index in [0.717, 1.165) is 56.9 Å². The van der Waals surface area contributed by atoms with Gasteiger partial charge in [0.15, 0.2) is 11.6 Å². The van der Waals surface area contributed by atoms with Crippen molar-refractivity contribution < 1.29 is 59.0 Å². The number of aromatic nitrogens is 6. The Morgan fingerprint density at radius 2 is 0.831 bits per heavy atom. The Morgan fingerprint density at radius 3 is 1.20 bits per heavy atom. The van der Waals surface area contributed by atoms with Crippen LogP contribution in [0.5, 0.6) is 0 Å². The van der Waals surface area contributed by atoms with Gasteiger partial charge in [0.25, 0.3) is 0 Å². The third kappa shape index (κ3) is 13.3. The summed E-state index contributed by atoms with van der Waals surface area (Å²) < 4.78 is 0. The summed E-state index contributed by atoms with van der Waals surface area (Å²) in [5.74, 6) is 0.00609. The molecule has 12 nitrogen and oxygen atoms in total. The number of ketones is 2. The van der Waals surface area contributed by atoms with Crippen LogP contribution < -0.4 is 11.5 Å². The second-order valence-corrected chi connectivity index (χ2v) is 14.8. The predicted octanol–water partition coefficient (Wildman–Crippen LogP) is 6.78. The molecule has 0 unspecified atom stereocenters. The number of hydrogen-bond donors (Lipinski definition) is 2. The van der Waals surface area contributed by atoms with E-state index < -0.39 is 0 Å². The average Bonchev–Trinajstić information content (AvgIpc) is 3.21. The summed E-state index contributed by atoms with van der Waals surface area (Å²) in [5, 5.41) is 0. The van der Waals surface area contributed by atoms with Gasteiger partial charge in [0.05, 0.1) is 56.9 Å². The SMILES string of the molecule is CN1Cc2cccc(n2)-c2cccc(n2)CN(C)Cc2cc(C(=O)CCCN)cc(n2)-c2cc(C(=O)CCCN)cc(n2)C1.Cc1cccc(-c2cccc(C)n2)n1.[Eu+3]. The number of nitrogens with zero attached hydrogens (tertiary/aromatic N) is 8. The number of rotatable bonds is 9. The minimum atomic E-state index is 0. The van der Waals surface area contributed by atoms with Crippen molar-refractivity contribution >= 4 is 11.6 Å². The van der Waals surface area contributed by atoms with Crippen LogP contribution in [0, 0.1) is 63.2 Å². The smallest absolute Gasteiger partial charge is 0.330 e. The summed E-state index contributed by atoms with van der Waals surface area (Å²) in [6, 6.07) is 31.1. The molecule has 0 radical (unpaired) electrons. The minimum absolute atomic E-state index is 0. The number of carbonyl (C=O) groups excluding carboxylic acids is 2. The molecule has 1 aliphatic heterocycles. The van der Waals surface area contributed by atoms with Crippen LogP contribution in [0.3, 0.4) is 0 Å². The van der Waals surface area contributed by atoms with E-state index in [1.165, 1.54) is 0 Å². The number of fused-ring (bicyclic) bond motifs is 10. The van der Waals surface area contributed by atoms with Gasteiger partial charge in [-0.25, -0.2) is 19.9 Å². The Labute approximate surface area is 387 Å². The predicted molar refractivity (Wildman–Crippen MR) is 227 cm³/mol. The number of carbonyl (C=O) groups is 2. The summed E-state index contributed by atoms with van der Waals surface area (Å²) in [7, 11) is 4.00. The molecule has 0 aliphatic carbocycles. The molecular formula is C46H52EuN10O2+3. The fourth-order valence-electron chi connectivity index (χ4n) is 6.75. The van der Waals surface area contributed by atoms with Crippen molar-refractivity contribution in [2.45, 2.75) is 65.7 Å². The molecule has 0 amide bonds. The molecular weight excluding hydrogens is 877 g/mol. The molecule has 0 aromatic carbocycles. The minimum Gasteiger partial charge on any atom is -0.330 e. The number of Topliss-reactive ketones (excluding diaryl/α,β-unsaturated/α-hetero) is 2. The van der Waals surface area contributed by atoms with Gasteiger partial charge in [-0.15, -0.1) is 0 Å². The molecule has 8 bridgehead atoms. The number of nitrogens with two attached hydrogens (primary N) is 2. The van der Waals surface area contributed by atoms with Crippen molar-refractivity contribution in [2.24, 2.45) is 11.5 Å². The van der Waals surface area contributed by atoms with Gasteiger partial charge in [-0.2, -0.15) is 0 Å². The van der Waals surface area contributed by atoms with Crippen molar-refractivity contribution in [1.29, 1.82) is 0 Å². The molecule has 0 saturated heterocycles. The molecule has 4 N–H and O–H groups in total. The Bertz CT molecular complexity index is 2210. The van der Waals surface area contributed by atoms with E-state index in [9.17, 15) is 9.59 Å². The Balaban J connectivity index is 0.000000371. The number of aryl methyl sites for hydroxylation is 2. The monoisotopic (exact) mass is 929 g/mol. The second kappa shape index (κ2) is 22.3. The Hall–Kier alpha value is -4.34. The summed E-state index contributed by atoms with van der Waals surface area (Å²) in [6.45, 7) is 6.97. The summed E-state index contributed by atoms with van der Waals surface area (Å²) in [5.41, 5.74) is 22.4. The van der Waals surface area contributed by atoms with E-state index in [-0.39, 0.29) is 60.9 Å². The van der Waals surface area contributed by atoms with Crippen LogP contribution in [0.4, 0.5) is 0 Å². The second-order valence-electron chi connectivity index (χ2n) is 14.8. The average molecular weight is 929 g/mol. The van der Waals surface area contributed by atoms with E-state index in [4.69, 9.17) is 31.4 Å². The third-order valence-corrected chi connectivity index (χ3v) is 9.52. The van der Waals surface area contributed by atoms with E-state index in [1.54, 1.807) is 12.1 Å². The van der Waals surface area contributed by atoms with Gasteiger partial charge in [-0.3, -0.25) is 29.4 Å². The molecule has 302 valence electrons. The zero-order valence-corrected chi connectivity index (χ0v) is 36.7. The molecule has 7 rings (SSSR count). The zero-order chi connectivity index (χ0) is 41.0. The van der Waals surface area contributed by atoms with Crippen LogP contribution in [-0.4, -0.2) is 78.5 Å². The largest absolute Gasteiger partial charge is 3.00 e. The number of hydrogen-bond acceptors (Lipinski definition) is 12. The van der Waals surface area contributed by atoms with Crippen molar-refractivity contribution in [3.05, 3.63) is 142 Å². The van der Waals surface area contributed by atoms with Gasteiger partial charge in [0.1, 0.15) is 0 Å². The maximum Gasteiger partial charge on any atom is 3.00 e. The molecule has 59 heavy (non-hydrogen) atoms. The van der Waals surface area contributed by atoms with Gasteiger partial charge in [-0.1, -0.05) is 24.3 Å². The normalized spacial score (nSPS) is 12.9. The first kappa shape index (κ1) is 45.7. The van der Waals surface area contributed by atoms with Gasteiger partial charge >= 0.3 is 49.4 Å². The van der Waals surface area contributed by atoms with Crippen molar-refractivity contribution in [1.82, 2.24) is 39.7 Å². The molecule has 0 atom stereocenters. The van der Waals surface area contributed by atoms with Crippen molar-refractivity contribution in [3.8, 4) is 34.2 Å². The van der Waals surface area contributed by atoms with Gasteiger partial charge in [-0.05, 0) is 127 Å². The summed E-state index contributed by atoms with van der Waals surface area (Å²) in [6.07, 6.45) is 1.90. The molecule has 1 aliphatic rings. The van der Waals surface area contributed by atoms with E-state index in [2.05, 4.69) is 19.8 Å².